The SMILES string of the molecule is CCCNC(=O)NC(=O)COC(=O)CN1C(=O)CSc2ccccc21. The molecule has 25 heavy (non-hydrogen) atoms. The van der Waals surface area contributed by atoms with E-state index in [0.717, 1.165) is 11.3 Å². The molecule has 0 aliphatic carbocycles. The number of imide groups is 1. The summed E-state index contributed by atoms with van der Waals surface area (Å²) >= 11 is 1.41. The van der Waals surface area contributed by atoms with Crippen LogP contribution in [0.15, 0.2) is 29.2 Å². The first-order valence-corrected chi connectivity index (χ1v) is 8.75. The number of nitrogens with zero attached hydrogens (tertiary/aromatic N) is 1. The topological polar surface area (TPSA) is 105 Å². The van der Waals surface area contributed by atoms with E-state index in [1.807, 2.05) is 24.4 Å². The predicted octanol–water partition coefficient (Wildman–Crippen LogP) is 0.904. The Morgan fingerprint density at radius 2 is 2.04 bits per heavy atom. The Kier molecular flexibility index (Phi) is 6.81. The Labute approximate surface area is 149 Å². The molecule has 0 saturated heterocycles. The molecular formula is C16H19N3O5S. The van der Waals surface area contributed by atoms with Crippen LogP contribution in [-0.2, 0) is 19.1 Å². The van der Waals surface area contributed by atoms with Crippen LogP contribution in [0, 0.1) is 0 Å². The third-order valence-electron chi connectivity index (χ3n) is 3.25. The van der Waals surface area contributed by atoms with E-state index < -0.39 is 24.5 Å². The average Bonchev–Trinajstić information content (AvgIpc) is 2.60. The summed E-state index contributed by atoms with van der Waals surface area (Å²) in [5, 5.41) is 4.51. The molecule has 1 aromatic rings. The lowest BCUT2D eigenvalue weighted by molar-refractivity contribution is -0.147. The molecule has 0 fully saturated rings. The number of benzene rings is 1. The van der Waals surface area contributed by atoms with Gasteiger partial charge >= 0.3 is 12.0 Å². The molecule has 134 valence electrons. The van der Waals surface area contributed by atoms with Gasteiger partial charge in [0.25, 0.3) is 5.91 Å². The van der Waals surface area contributed by atoms with Gasteiger partial charge < -0.3 is 10.1 Å². The molecule has 1 aromatic carbocycles. The summed E-state index contributed by atoms with van der Waals surface area (Å²) in [6.07, 6.45) is 0.736. The van der Waals surface area contributed by atoms with Crippen molar-refractivity contribution < 1.29 is 23.9 Å². The maximum atomic E-state index is 12.0. The third kappa shape index (κ3) is 5.49. The number of anilines is 1. The first kappa shape index (κ1) is 18.8. The van der Waals surface area contributed by atoms with Gasteiger partial charge in [0.05, 0.1) is 11.4 Å². The molecule has 4 amide bonds. The van der Waals surface area contributed by atoms with Gasteiger partial charge in [-0.3, -0.25) is 24.6 Å². The maximum Gasteiger partial charge on any atom is 0.326 e. The molecular weight excluding hydrogens is 346 g/mol. The van der Waals surface area contributed by atoms with Crippen LogP contribution >= 0.6 is 11.8 Å². The van der Waals surface area contributed by atoms with E-state index in [4.69, 9.17) is 4.74 Å². The van der Waals surface area contributed by atoms with Crippen molar-refractivity contribution in [1.82, 2.24) is 10.6 Å². The largest absolute Gasteiger partial charge is 0.454 e. The highest BCUT2D eigenvalue weighted by Crippen LogP contribution is 2.34. The molecule has 2 N–H and O–H groups in total. The van der Waals surface area contributed by atoms with Gasteiger partial charge in [0.15, 0.2) is 6.61 Å². The Hall–Kier alpha value is -2.55. The summed E-state index contributed by atoms with van der Waals surface area (Å²) in [6, 6.07) is 6.61. The fourth-order valence-corrected chi connectivity index (χ4v) is 3.03. The van der Waals surface area contributed by atoms with Gasteiger partial charge in [0, 0.05) is 11.4 Å². The summed E-state index contributed by atoms with van der Waals surface area (Å²) in [5.74, 6) is -1.42. The summed E-state index contributed by atoms with van der Waals surface area (Å²) < 4.78 is 4.84. The summed E-state index contributed by atoms with van der Waals surface area (Å²) in [4.78, 5) is 49.1. The molecule has 1 heterocycles. The Morgan fingerprint density at radius 3 is 2.80 bits per heavy atom. The van der Waals surface area contributed by atoms with Crippen molar-refractivity contribution in [3.05, 3.63) is 24.3 Å². The zero-order valence-electron chi connectivity index (χ0n) is 13.7. The second-order valence-corrected chi connectivity index (χ2v) is 6.22. The van der Waals surface area contributed by atoms with E-state index >= 15 is 0 Å². The minimum atomic E-state index is -0.733. The Morgan fingerprint density at radius 1 is 1.28 bits per heavy atom. The number of nitrogens with one attached hydrogen (secondary N) is 2. The lowest BCUT2D eigenvalue weighted by Gasteiger charge is -2.27. The lowest BCUT2D eigenvalue weighted by Crippen LogP contribution is -2.43. The van der Waals surface area contributed by atoms with Crippen molar-refractivity contribution in [3.63, 3.8) is 0 Å². The number of amides is 4. The molecule has 1 aliphatic rings. The van der Waals surface area contributed by atoms with Gasteiger partial charge in [-0.15, -0.1) is 11.8 Å². The Balaban J connectivity index is 1.83. The highest BCUT2D eigenvalue weighted by molar-refractivity contribution is 8.00. The summed E-state index contributed by atoms with van der Waals surface area (Å²) in [5.41, 5.74) is 0.643. The van der Waals surface area contributed by atoms with Crippen molar-refractivity contribution in [1.29, 1.82) is 0 Å². The zero-order chi connectivity index (χ0) is 18.2. The number of ether oxygens (including phenoxy) is 1. The molecule has 0 unspecified atom stereocenters. The van der Waals surface area contributed by atoms with Gasteiger partial charge in [0.2, 0.25) is 5.91 Å². The molecule has 1 aliphatic heterocycles. The van der Waals surface area contributed by atoms with Crippen LogP contribution in [0.25, 0.3) is 0 Å². The highest BCUT2D eigenvalue weighted by atomic mass is 32.2. The Bertz CT molecular complexity index is 679. The molecule has 0 bridgehead atoms. The number of carbonyl (C=O) groups is 4. The van der Waals surface area contributed by atoms with Crippen molar-refractivity contribution in [2.75, 3.05) is 30.3 Å². The minimum absolute atomic E-state index is 0.205. The fraction of sp³-hybridized carbons (Fsp3) is 0.375. The summed E-state index contributed by atoms with van der Waals surface area (Å²) in [7, 11) is 0. The van der Waals surface area contributed by atoms with E-state index in [1.54, 1.807) is 12.1 Å². The molecule has 8 nitrogen and oxygen atoms in total. The number of hydrogen-bond donors (Lipinski definition) is 2. The van der Waals surface area contributed by atoms with Crippen LogP contribution in [0.4, 0.5) is 10.5 Å². The van der Waals surface area contributed by atoms with E-state index in [9.17, 15) is 19.2 Å². The van der Waals surface area contributed by atoms with Crippen LogP contribution in [0.5, 0.6) is 0 Å². The van der Waals surface area contributed by atoms with Gasteiger partial charge in [-0.05, 0) is 18.6 Å². The van der Waals surface area contributed by atoms with Gasteiger partial charge in [0.1, 0.15) is 6.54 Å². The highest BCUT2D eigenvalue weighted by Gasteiger charge is 2.27. The normalized spacial score (nSPS) is 13.0. The monoisotopic (exact) mass is 365 g/mol. The molecule has 0 saturated carbocycles. The van der Waals surface area contributed by atoms with Crippen LogP contribution in [-0.4, -0.2) is 49.3 Å². The number of hydrogen-bond acceptors (Lipinski definition) is 6. The van der Waals surface area contributed by atoms with Gasteiger partial charge in [-0.1, -0.05) is 19.1 Å². The fourth-order valence-electron chi connectivity index (χ4n) is 2.09. The third-order valence-corrected chi connectivity index (χ3v) is 4.30. The lowest BCUT2D eigenvalue weighted by atomic mass is 10.2. The first-order valence-electron chi connectivity index (χ1n) is 7.76. The molecule has 2 rings (SSSR count). The maximum absolute atomic E-state index is 12.0. The van der Waals surface area contributed by atoms with E-state index in [1.165, 1.54) is 16.7 Å². The second kappa shape index (κ2) is 9.07. The number of urea groups is 1. The number of fused-ring (bicyclic) bond motifs is 1. The van der Waals surface area contributed by atoms with Crippen molar-refractivity contribution in [3.8, 4) is 0 Å². The zero-order valence-corrected chi connectivity index (χ0v) is 14.6. The number of esters is 1. The molecule has 0 radical (unpaired) electrons. The van der Waals surface area contributed by atoms with E-state index in [0.29, 0.717) is 12.2 Å². The summed E-state index contributed by atoms with van der Waals surface area (Å²) in [6.45, 7) is 1.44. The number of rotatable bonds is 6. The molecule has 0 spiro atoms. The van der Waals surface area contributed by atoms with Crippen LogP contribution < -0.4 is 15.5 Å². The molecule has 0 aromatic heterocycles. The predicted molar refractivity (Wildman–Crippen MR) is 92.3 cm³/mol. The van der Waals surface area contributed by atoms with Crippen molar-refractivity contribution in [2.24, 2.45) is 0 Å². The van der Waals surface area contributed by atoms with Crippen molar-refractivity contribution in [2.45, 2.75) is 18.2 Å². The van der Waals surface area contributed by atoms with Crippen molar-refractivity contribution >= 4 is 41.3 Å². The van der Waals surface area contributed by atoms with Crippen LogP contribution in [0.3, 0.4) is 0 Å². The molecule has 9 heteroatoms. The standard InChI is InChI=1S/C16H19N3O5S/c1-2-7-17-16(23)18-13(20)9-24-15(22)8-19-11-5-3-4-6-12(11)25-10-14(19)21/h3-6H,2,7-10H2,1H3,(H2,17,18,20,23). The van der Waals surface area contributed by atoms with Gasteiger partial charge in [-0.25, -0.2) is 4.79 Å². The van der Waals surface area contributed by atoms with E-state index in [2.05, 4.69) is 5.32 Å². The first-order chi connectivity index (χ1) is 12.0. The smallest absolute Gasteiger partial charge is 0.326 e. The second-order valence-electron chi connectivity index (χ2n) is 5.20. The minimum Gasteiger partial charge on any atom is -0.454 e. The average molecular weight is 365 g/mol. The van der Waals surface area contributed by atoms with Crippen LogP contribution in [0.2, 0.25) is 0 Å². The van der Waals surface area contributed by atoms with Gasteiger partial charge in [-0.2, -0.15) is 0 Å². The quantitative estimate of drug-likeness (QED) is 0.726. The van der Waals surface area contributed by atoms with Crippen LogP contribution in [0.1, 0.15) is 13.3 Å². The number of carbonyl (C=O) groups excluding carboxylic acids is 4. The molecule has 0 atom stereocenters. The number of thioether (sulfide) groups is 1. The number of para-hydroxylation sites is 1. The van der Waals surface area contributed by atoms with E-state index in [-0.39, 0.29) is 18.2 Å².